The first-order chi connectivity index (χ1) is 12.5. The minimum absolute atomic E-state index is 0.0458. The molecular formula is C19H23N5O2. The topological polar surface area (TPSA) is 81.8 Å². The van der Waals surface area contributed by atoms with Crippen LogP contribution in [0.25, 0.3) is 22.6 Å². The van der Waals surface area contributed by atoms with Crippen molar-refractivity contribution in [3.8, 4) is 11.5 Å². The van der Waals surface area contributed by atoms with Gasteiger partial charge in [-0.15, -0.1) is 0 Å². The summed E-state index contributed by atoms with van der Waals surface area (Å²) >= 11 is 0. The number of aromatic nitrogens is 4. The molecule has 0 spiro atoms. The maximum atomic E-state index is 13.1. The van der Waals surface area contributed by atoms with Crippen LogP contribution in [0.4, 0.5) is 0 Å². The molecule has 0 radical (unpaired) electrons. The number of carbonyl (C=O) groups is 1. The Labute approximate surface area is 151 Å². The zero-order valence-electron chi connectivity index (χ0n) is 15.3. The molecule has 7 heteroatoms. The SMILES string of the molecule is CCC(CC)NC(=O)Cn1c(=O)c(-c2nccn2C)nc2ccccc21. The number of nitrogens with zero attached hydrogens (tertiary/aromatic N) is 4. The number of hydrogen-bond acceptors (Lipinski definition) is 4. The van der Waals surface area contributed by atoms with Gasteiger partial charge < -0.3 is 9.88 Å². The highest BCUT2D eigenvalue weighted by Crippen LogP contribution is 2.16. The van der Waals surface area contributed by atoms with Crippen molar-refractivity contribution in [1.29, 1.82) is 0 Å². The van der Waals surface area contributed by atoms with Crippen molar-refractivity contribution in [2.24, 2.45) is 7.05 Å². The second-order valence-corrected chi connectivity index (χ2v) is 6.28. The minimum atomic E-state index is -0.322. The second-order valence-electron chi connectivity index (χ2n) is 6.28. The van der Waals surface area contributed by atoms with E-state index >= 15 is 0 Å². The molecular weight excluding hydrogens is 330 g/mol. The molecule has 0 fully saturated rings. The van der Waals surface area contributed by atoms with Crippen LogP contribution in [0, 0.1) is 0 Å². The Balaban J connectivity index is 2.09. The molecule has 0 atom stereocenters. The fourth-order valence-corrected chi connectivity index (χ4v) is 3.00. The average molecular weight is 353 g/mol. The summed E-state index contributed by atoms with van der Waals surface area (Å²) in [5, 5.41) is 2.98. The Kier molecular flexibility index (Phi) is 5.16. The number of imidazole rings is 1. The number of nitrogens with one attached hydrogen (secondary N) is 1. The van der Waals surface area contributed by atoms with E-state index < -0.39 is 0 Å². The van der Waals surface area contributed by atoms with Gasteiger partial charge in [-0.05, 0) is 25.0 Å². The first-order valence-corrected chi connectivity index (χ1v) is 8.81. The van der Waals surface area contributed by atoms with Crippen LogP contribution in [-0.2, 0) is 18.4 Å². The van der Waals surface area contributed by atoms with E-state index in [0.717, 1.165) is 12.8 Å². The van der Waals surface area contributed by atoms with Crippen LogP contribution < -0.4 is 10.9 Å². The number of rotatable bonds is 6. The zero-order valence-corrected chi connectivity index (χ0v) is 15.3. The summed E-state index contributed by atoms with van der Waals surface area (Å²) in [4.78, 5) is 34.3. The van der Waals surface area contributed by atoms with Crippen LogP contribution in [0.1, 0.15) is 26.7 Å². The first-order valence-electron chi connectivity index (χ1n) is 8.81. The van der Waals surface area contributed by atoms with Crippen molar-refractivity contribution in [3.05, 3.63) is 47.0 Å². The molecule has 3 rings (SSSR count). The smallest absolute Gasteiger partial charge is 0.281 e. The highest BCUT2D eigenvalue weighted by molar-refractivity contribution is 5.81. The van der Waals surface area contributed by atoms with Gasteiger partial charge in [0.05, 0.1) is 11.0 Å². The molecule has 26 heavy (non-hydrogen) atoms. The van der Waals surface area contributed by atoms with Crippen LogP contribution in [0.15, 0.2) is 41.5 Å². The Hall–Kier alpha value is -2.96. The molecule has 0 bridgehead atoms. The van der Waals surface area contributed by atoms with Gasteiger partial charge in [-0.3, -0.25) is 14.2 Å². The van der Waals surface area contributed by atoms with Gasteiger partial charge in [0.1, 0.15) is 6.54 Å². The van der Waals surface area contributed by atoms with Crippen molar-refractivity contribution in [3.63, 3.8) is 0 Å². The van der Waals surface area contributed by atoms with E-state index in [-0.39, 0.29) is 29.7 Å². The van der Waals surface area contributed by atoms with Crippen LogP contribution in [0.5, 0.6) is 0 Å². The van der Waals surface area contributed by atoms with Gasteiger partial charge in [-0.1, -0.05) is 26.0 Å². The summed E-state index contributed by atoms with van der Waals surface area (Å²) in [6.45, 7) is 4.01. The third-order valence-corrected chi connectivity index (χ3v) is 4.54. The van der Waals surface area contributed by atoms with Crippen LogP contribution in [-0.4, -0.2) is 31.1 Å². The van der Waals surface area contributed by atoms with E-state index in [9.17, 15) is 9.59 Å². The van der Waals surface area contributed by atoms with Gasteiger partial charge in [0, 0.05) is 25.5 Å². The molecule has 3 aromatic rings. The second kappa shape index (κ2) is 7.51. The summed E-state index contributed by atoms with van der Waals surface area (Å²) in [5.74, 6) is 0.304. The lowest BCUT2D eigenvalue weighted by molar-refractivity contribution is -0.122. The molecule has 0 unspecified atom stereocenters. The van der Waals surface area contributed by atoms with Gasteiger partial charge in [-0.25, -0.2) is 9.97 Å². The summed E-state index contributed by atoms with van der Waals surface area (Å²) in [6.07, 6.45) is 5.09. The van der Waals surface area contributed by atoms with Crippen molar-refractivity contribution in [1.82, 2.24) is 24.4 Å². The van der Waals surface area contributed by atoms with Crippen LogP contribution >= 0.6 is 0 Å². The number of fused-ring (bicyclic) bond motifs is 1. The fourth-order valence-electron chi connectivity index (χ4n) is 3.00. The number of aryl methyl sites for hydroxylation is 1. The van der Waals surface area contributed by atoms with Crippen LogP contribution in [0.2, 0.25) is 0 Å². The van der Waals surface area contributed by atoms with Crippen molar-refractivity contribution in [2.75, 3.05) is 0 Å². The summed E-state index contributed by atoms with van der Waals surface area (Å²) < 4.78 is 3.22. The lowest BCUT2D eigenvalue weighted by atomic mass is 10.2. The standard InChI is InChI=1S/C19H23N5O2/c1-4-13(5-2)21-16(25)12-24-15-9-7-6-8-14(15)22-17(19(24)26)18-20-10-11-23(18)3/h6-11,13H,4-5,12H2,1-3H3,(H,21,25). The molecule has 2 aromatic heterocycles. The van der Waals surface area contributed by atoms with E-state index in [2.05, 4.69) is 15.3 Å². The molecule has 1 amide bonds. The minimum Gasteiger partial charge on any atom is -0.352 e. The molecule has 2 heterocycles. The number of amides is 1. The Morgan fingerprint density at radius 1 is 1.23 bits per heavy atom. The van der Waals surface area contributed by atoms with E-state index in [0.29, 0.717) is 16.9 Å². The molecule has 0 saturated heterocycles. The zero-order chi connectivity index (χ0) is 18.7. The highest BCUT2D eigenvalue weighted by atomic mass is 16.2. The summed E-state index contributed by atoms with van der Waals surface area (Å²) in [7, 11) is 1.81. The number of hydrogen-bond donors (Lipinski definition) is 1. The lowest BCUT2D eigenvalue weighted by Crippen LogP contribution is -2.39. The van der Waals surface area contributed by atoms with Gasteiger partial charge in [0.25, 0.3) is 5.56 Å². The monoisotopic (exact) mass is 353 g/mol. The Morgan fingerprint density at radius 3 is 2.62 bits per heavy atom. The first kappa shape index (κ1) is 17.8. The van der Waals surface area contributed by atoms with Gasteiger partial charge in [0.15, 0.2) is 11.5 Å². The Morgan fingerprint density at radius 2 is 1.96 bits per heavy atom. The van der Waals surface area contributed by atoms with Crippen LogP contribution in [0.3, 0.4) is 0 Å². The maximum Gasteiger partial charge on any atom is 0.281 e. The molecule has 0 aliphatic carbocycles. The van der Waals surface area contributed by atoms with E-state index in [1.54, 1.807) is 23.0 Å². The molecule has 0 aliphatic heterocycles. The van der Waals surface area contributed by atoms with Crippen molar-refractivity contribution in [2.45, 2.75) is 39.3 Å². The molecule has 136 valence electrons. The lowest BCUT2D eigenvalue weighted by Gasteiger charge is -2.16. The molecule has 0 aliphatic rings. The molecule has 0 saturated carbocycles. The van der Waals surface area contributed by atoms with E-state index in [1.807, 2.05) is 39.1 Å². The predicted octanol–water partition coefficient (Wildman–Crippen LogP) is 2.10. The normalized spacial score (nSPS) is 11.2. The third-order valence-electron chi connectivity index (χ3n) is 4.54. The fraction of sp³-hybridized carbons (Fsp3) is 0.368. The predicted molar refractivity (Wildman–Crippen MR) is 101 cm³/mol. The van der Waals surface area contributed by atoms with Gasteiger partial charge in [-0.2, -0.15) is 0 Å². The quantitative estimate of drug-likeness (QED) is 0.736. The van der Waals surface area contributed by atoms with Crippen molar-refractivity contribution >= 4 is 16.9 Å². The van der Waals surface area contributed by atoms with Gasteiger partial charge in [0.2, 0.25) is 5.91 Å². The largest absolute Gasteiger partial charge is 0.352 e. The number of benzene rings is 1. The Bertz CT molecular complexity index is 985. The number of carbonyl (C=O) groups excluding carboxylic acids is 1. The number of para-hydroxylation sites is 2. The summed E-state index contributed by atoms with van der Waals surface area (Å²) in [6, 6.07) is 7.43. The molecule has 1 aromatic carbocycles. The van der Waals surface area contributed by atoms with E-state index in [1.165, 1.54) is 4.57 Å². The summed E-state index contributed by atoms with van der Waals surface area (Å²) in [5.41, 5.74) is 1.21. The average Bonchev–Trinajstić information content (AvgIpc) is 3.07. The van der Waals surface area contributed by atoms with Crippen molar-refractivity contribution < 1.29 is 4.79 Å². The maximum absolute atomic E-state index is 13.1. The van der Waals surface area contributed by atoms with Gasteiger partial charge >= 0.3 is 0 Å². The molecule has 1 N–H and O–H groups in total. The third kappa shape index (κ3) is 3.37. The molecule has 7 nitrogen and oxygen atoms in total. The van der Waals surface area contributed by atoms with E-state index in [4.69, 9.17) is 0 Å². The highest BCUT2D eigenvalue weighted by Gasteiger charge is 2.18.